The zero-order valence-corrected chi connectivity index (χ0v) is 11.3. The highest BCUT2D eigenvalue weighted by molar-refractivity contribution is 5.23. The van der Waals surface area contributed by atoms with Gasteiger partial charge in [0.2, 0.25) is 0 Å². The van der Waals surface area contributed by atoms with Gasteiger partial charge in [0.1, 0.15) is 5.82 Å². The number of hydrogen-bond acceptors (Lipinski definition) is 2. The smallest absolute Gasteiger partial charge is 0.126 e. The first-order chi connectivity index (χ1) is 7.99. The van der Waals surface area contributed by atoms with Gasteiger partial charge >= 0.3 is 0 Å². The van der Waals surface area contributed by atoms with E-state index in [2.05, 4.69) is 31.2 Å². The van der Waals surface area contributed by atoms with Crippen LogP contribution < -0.4 is 5.32 Å². The van der Waals surface area contributed by atoms with Gasteiger partial charge in [-0.3, -0.25) is 0 Å². The van der Waals surface area contributed by atoms with Crippen molar-refractivity contribution in [2.75, 3.05) is 20.6 Å². The molecule has 2 nitrogen and oxygen atoms in total. The second-order valence-corrected chi connectivity index (χ2v) is 4.96. The van der Waals surface area contributed by atoms with Crippen LogP contribution in [-0.2, 0) is 6.54 Å². The first-order valence-electron chi connectivity index (χ1n) is 6.12. The predicted molar refractivity (Wildman–Crippen MR) is 70.6 cm³/mol. The molecule has 1 rings (SSSR count). The van der Waals surface area contributed by atoms with Crippen molar-refractivity contribution >= 4 is 0 Å². The van der Waals surface area contributed by atoms with E-state index in [1.165, 1.54) is 6.07 Å². The van der Waals surface area contributed by atoms with Crippen molar-refractivity contribution in [3.05, 3.63) is 35.1 Å². The molecule has 1 atom stereocenters. The molecule has 0 aliphatic heterocycles. The van der Waals surface area contributed by atoms with Gasteiger partial charge in [-0.15, -0.1) is 0 Å². The van der Waals surface area contributed by atoms with Crippen molar-refractivity contribution in [3.63, 3.8) is 0 Å². The quantitative estimate of drug-likeness (QED) is 0.819. The summed E-state index contributed by atoms with van der Waals surface area (Å²) in [7, 11) is 4.16. The van der Waals surface area contributed by atoms with Crippen LogP contribution in [0.2, 0.25) is 0 Å². The van der Waals surface area contributed by atoms with E-state index in [1.54, 1.807) is 6.92 Å². The fraction of sp³-hybridized carbons (Fsp3) is 0.571. The maximum absolute atomic E-state index is 13.1. The Labute approximate surface area is 104 Å². The predicted octanol–water partition coefficient (Wildman–Crippen LogP) is 2.56. The third-order valence-corrected chi connectivity index (χ3v) is 2.89. The van der Waals surface area contributed by atoms with Crippen LogP contribution in [0.3, 0.4) is 0 Å². The molecular formula is C14H23FN2. The minimum absolute atomic E-state index is 0.130. The third kappa shape index (κ3) is 5.29. The molecule has 0 saturated carbocycles. The fourth-order valence-corrected chi connectivity index (χ4v) is 1.66. The molecular weight excluding hydrogens is 215 g/mol. The van der Waals surface area contributed by atoms with Gasteiger partial charge in [-0.05, 0) is 58.1 Å². The third-order valence-electron chi connectivity index (χ3n) is 2.89. The van der Waals surface area contributed by atoms with Crippen LogP contribution >= 0.6 is 0 Å². The monoisotopic (exact) mass is 238 g/mol. The number of nitrogens with zero attached hydrogens (tertiary/aromatic N) is 1. The highest BCUT2D eigenvalue weighted by Crippen LogP contribution is 2.09. The number of halogens is 1. The lowest BCUT2D eigenvalue weighted by Gasteiger charge is -2.16. The molecule has 1 aromatic carbocycles. The average molecular weight is 238 g/mol. The summed E-state index contributed by atoms with van der Waals surface area (Å²) in [4.78, 5) is 2.18. The van der Waals surface area contributed by atoms with Crippen LogP contribution in [-0.4, -0.2) is 31.6 Å². The lowest BCUT2D eigenvalue weighted by atomic mass is 10.1. The van der Waals surface area contributed by atoms with Gasteiger partial charge in [0.25, 0.3) is 0 Å². The molecule has 96 valence electrons. The number of benzene rings is 1. The Morgan fingerprint density at radius 2 is 2.06 bits per heavy atom. The van der Waals surface area contributed by atoms with Crippen molar-refractivity contribution in [1.29, 1.82) is 0 Å². The van der Waals surface area contributed by atoms with E-state index < -0.39 is 0 Å². The van der Waals surface area contributed by atoms with E-state index in [0.717, 1.165) is 25.1 Å². The maximum Gasteiger partial charge on any atom is 0.126 e. The van der Waals surface area contributed by atoms with Gasteiger partial charge in [-0.1, -0.05) is 12.1 Å². The summed E-state index contributed by atoms with van der Waals surface area (Å²) in [6, 6.07) is 5.76. The standard InChI is InChI=1S/C14H23FN2/c1-11-9-13(5-6-14(11)15)10-16-12(2)7-8-17(3)4/h5-6,9,12,16H,7-8,10H2,1-4H3. The topological polar surface area (TPSA) is 15.3 Å². The van der Waals surface area contributed by atoms with E-state index in [0.29, 0.717) is 11.6 Å². The van der Waals surface area contributed by atoms with Crippen LogP contribution in [0, 0.1) is 12.7 Å². The zero-order valence-electron chi connectivity index (χ0n) is 11.3. The van der Waals surface area contributed by atoms with Gasteiger partial charge in [-0.25, -0.2) is 4.39 Å². The summed E-state index contributed by atoms with van der Waals surface area (Å²) in [6.07, 6.45) is 1.12. The molecule has 0 fully saturated rings. The van der Waals surface area contributed by atoms with Gasteiger partial charge < -0.3 is 10.2 Å². The highest BCUT2D eigenvalue weighted by atomic mass is 19.1. The van der Waals surface area contributed by atoms with Gasteiger partial charge in [0, 0.05) is 12.6 Å². The van der Waals surface area contributed by atoms with Crippen molar-refractivity contribution in [2.24, 2.45) is 0 Å². The number of hydrogen-bond donors (Lipinski definition) is 1. The van der Waals surface area contributed by atoms with E-state index in [4.69, 9.17) is 0 Å². The first kappa shape index (κ1) is 14.1. The highest BCUT2D eigenvalue weighted by Gasteiger charge is 2.03. The molecule has 1 unspecified atom stereocenters. The van der Waals surface area contributed by atoms with Crippen LogP contribution in [0.15, 0.2) is 18.2 Å². The lowest BCUT2D eigenvalue weighted by molar-refractivity contribution is 0.365. The maximum atomic E-state index is 13.1. The molecule has 0 bridgehead atoms. The molecule has 0 aliphatic carbocycles. The largest absolute Gasteiger partial charge is 0.310 e. The molecule has 0 amide bonds. The van der Waals surface area contributed by atoms with Crippen molar-refractivity contribution in [1.82, 2.24) is 10.2 Å². The molecule has 1 aromatic rings. The summed E-state index contributed by atoms with van der Waals surface area (Å²) >= 11 is 0. The number of rotatable bonds is 6. The second kappa shape index (κ2) is 6.72. The fourth-order valence-electron chi connectivity index (χ4n) is 1.66. The normalized spacial score (nSPS) is 13.1. The first-order valence-corrected chi connectivity index (χ1v) is 6.12. The Bertz CT molecular complexity index is 350. The van der Waals surface area contributed by atoms with Gasteiger partial charge in [0.15, 0.2) is 0 Å². The Kier molecular flexibility index (Phi) is 5.59. The molecule has 0 aromatic heterocycles. The SMILES string of the molecule is Cc1cc(CNC(C)CCN(C)C)ccc1F. The van der Waals surface area contributed by atoms with Gasteiger partial charge in [0.05, 0.1) is 0 Å². The Morgan fingerprint density at radius 3 is 2.65 bits per heavy atom. The van der Waals surface area contributed by atoms with Gasteiger partial charge in [-0.2, -0.15) is 0 Å². The van der Waals surface area contributed by atoms with E-state index in [1.807, 2.05) is 12.1 Å². The molecule has 1 N–H and O–H groups in total. The summed E-state index contributed by atoms with van der Waals surface area (Å²) in [6.45, 7) is 5.86. The van der Waals surface area contributed by atoms with Crippen LogP contribution in [0.4, 0.5) is 4.39 Å². The van der Waals surface area contributed by atoms with Crippen LogP contribution in [0.5, 0.6) is 0 Å². The summed E-state index contributed by atoms with van der Waals surface area (Å²) < 4.78 is 13.1. The molecule has 0 saturated heterocycles. The van der Waals surface area contributed by atoms with Crippen LogP contribution in [0.25, 0.3) is 0 Å². The van der Waals surface area contributed by atoms with Crippen LogP contribution in [0.1, 0.15) is 24.5 Å². The summed E-state index contributed by atoms with van der Waals surface area (Å²) in [5, 5.41) is 3.45. The molecule has 0 spiro atoms. The Hall–Kier alpha value is -0.930. The molecule has 0 radical (unpaired) electrons. The average Bonchev–Trinajstić information content (AvgIpc) is 2.28. The summed E-state index contributed by atoms with van der Waals surface area (Å²) in [5.74, 6) is -0.130. The lowest BCUT2D eigenvalue weighted by Crippen LogP contribution is -2.29. The van der Waals surface area contributed by atoms with E-state index in [9.17, 15) is 4.39 Å². The Morgan fingerprint density at radius 1 is 1.35 bits per heavy atom. The minimum Gasteiger partial charge on any atom is -0.310 e. The van der Waals surface area contributed by atoms with Crippen molar-refractivity contribution < 1.29 is 4.39 Å². The van der Waals surface area contributed by atoms with E-state index >= 15 is 0 Å². The number of aryl methyl sites for hydroxylation is 1. The summed E-state index contributed by atoms with van der Waals surface area (Å²) in [5.41, 5.74) is 1.85. The molecule has 0 aliphatic rings. The van der Waals surface area contributed by atoms with E-state index in [-0.39, 0.29) is 5.82 Å². The van der Waals surface area contributed by atoms with Crippen molar-refractivity contribution in [3.8, 4) is 0 Å². The number of nitrogens with one attached hydrogen (secondary N) is 1. The molecule has 0 heterocycles. The minimum atomic E-state index is -0.130. The molecule has 17 heavy (non-hydrogen) atoms. The Balaban J connectivity index is 2.36. The second-order valence-electron chi connectivity index (χ2n) is 4.96. The zero-order chi connectivity index (χ0) is 12.8. The van der Waals surface area contributed by atoms with Crippen molar-refractivity contribution in [2.45, 2.75) is 32.9 Å². The molecule has 3 heteroatoms.